The Morgan fingerprint density at radius 3 is 2.80 bits per heavy atom. The van der Waals surface area contributed by atoms with Crippen molar-refractivity contribution in [1.29, 1.82) is 0 Å². The van der Waals surface area contributed by atoms with Gasteiger partial charge in [0.05, 0.1) is 21.1 Å². The van der Waals surface area contributed by atoms with E-state index in [0.717, 1.165) is 46.3 Å². The number of aromatic nitrogens is 2. The second-order valence-electron chi connectivity index (χ2n) is 7.45. The Kier molecular flexibility index (Phi) is 5.40. The summed E-state index contributed by atoms with van der Waals surface area (Å²) in [6, 6.07) is 13.6. The van der Waals surface area contributed by atoms with Crippen molar-refractivity contribution in [1.82, 2.24) is 9.55 Å². The Morgan fingerprint density at radius 1 is 1.13 bits per heavy atom. The van der Waals surface area contributed by atoms with Crippen LogP contribution in [0.5, 0.6) is 0 Å². The molecule has 1 aliphatic rings. The number of halogens is 2. The van der Waals surface area contributed by atoms with Crippen LogP contribution in [-0.4, -0.2) is 9.55 Å². The molecule has 0 radical (unpaired) electrons. The second kappa shape index (κ2) is 8.04. The van der Waals surface area contributed by atoms with Gasteiger partial charge in [0.15, 0.2) is 5.16 Å². The van der Waals surface area contributed by atoms with Crippen molar-refractivity contribution in [3.63, 3.8) is 0 Å². The van der Waals surface area contributed by atoms with Gasteiger partial charge in [0.25, 0.3) is 5.56 Å². The molecule has 4 aromatic rings. The van der Waals surface area contributed by atoms with Crippen LogP contribution >= 0.6 is 46.3 Å². The minimum Gasteiger partial charge on any atom is -0.268 e. The van der Waals surface area contributed by atoms with Crippen LogP contribution < -0.4 is 5.56 Å². The SMILES string of the molecule is Cc1cccc(-n2c(SCc3ccc(Cl)c(Cl)c3)nc3sc4c(c3c2=O)CCC4)c1. The molecule has 0 unspecified atom stereocenters. The highest BCUT2D eigenvalue weighted by Gasteiger charge is 2.24. The molecule has 5 rings (SSSR count). The lowest BCUT2D eigenvalue weighted by molar-refractivity contribution is 0.819. The summed E-state index contributed by atoms with van der Waals surface area (Å²) in [5.41, 5.74) is 4.23. The Labute approximate surface area is 192 Å². The van der Waals surface area contributed by atoms with Crippen molar-refractivity contribution >= 4 is 56.5 Å². The Bertz CT molecular complexity index is 1340. The molecule has 0 fully saturated rings. The number of hydrogen-bond donors (Lipinski definition) is 0. The zero-order valence-electron chi connectivity index (χ0n) is 16.2. The number of thioether (sulfide) groups is 1. The third-order valence-electron chi connectivity index (χ3n) is 5.32. The van der Waals surface area contributed by atoms with E-state index in [9.17, 15) is 4.79 Å². The number of rotatable bonds is 4. The van der Waals surface area contributed by atoms with Gasteiger partial charge in [0.1, 0.15) is 4.83 Å². The summed E-state index contributed by atoms with van der Waals surface area (Å²) in [4.78, 5) is 20.8. The molecule has 30 heavy (non-hydrogen) atoms. The van der Waals surface area contributed by atoms with Crippen molar-refractivity contribution < 1.29 is 0 Å². The number of nitrogens with zero attached hydrogens (tertiary/aromatic N) is 2. The molecule has 152 valence electrons. The topological polar surface area (TPSA) is 34.9 Å². The molecule has 3 nitrogen and oxygen atoms in total. The summed E-state index contributed by atoms with van der Waals surface area (Å²) in [6.45, 7) is 2.03. The number of aryl methyl sites for hydroxylation is 3. The lowest BCUT2D eigenvalue weighted by Crippen LogP contribution is -2.22. The van der Waals surface area contributed by atoms with E-state index in [1.165, 1.54) is 10.4 Å². The number of benzene rings is 2. The third kappa shape index (κ3) is 3.58. The van der Waals surface area contributed by atoms with Crippen LogP contribution in [-0.2, 0) is 18.6 Å². The minimum atomic E-state index is 0.0293. The fourth-order valence-electron chi connectivity index (χ4n) is 3.89. The predicted octanol–water partition coefficient (Wildman–Crippen LogP) is 6.84. The molecule has 0 amide bonds. The quantitative estimate of drug-likeness (QED) is 0.240. The summed E-state index contributed by atoms with van der Waals surface area (Å²) >= 11 is 15.4. The summed E-state index contributed by atoms with van der Waals surface area (Å²) in [5.74, 6) is 0.645. The molecule has 2 aromatic carbocycles. The van der Waals surface area contributed by atoms with Crippen molar-refractivity contribution in [2.24, 2.45) is 0 Å². The van der Waals surface area contributed by atoms with Crippen LogP contribution in [0.4, 0.5) is 0 Å². The molecular formula is C23H18Cl2N2OS2. The summed E-state index contributed by atoms with van der Waals surface area (Å²) in [6.07, 6.45) is 3.14. The number of fused-ring (bicyclic) bond motifs is 3. The largest absolute Gasteiger partial charge is 0.268 e. The van der Waals surface area contributed by atoms with E-state index in [-0.39, 0.29) is 5.56 Å². The molecule has 2 heterocycles. The summed E-state index contributed by atoms with van der Waals surface area (Å²) in [5, 5.41) is 2.57. The average molecular weight is 473 g/mol. The minimum absolute atomic E-state index is 0.0293. The van der Waals surface area contributed by atoms with E-state index < -0.39 is 0 Å². The van der Waals surface area contributed by atoms with Gasteiger partial charge in [-0.3, -0.25) is 9.36 Å². The van der Waals surface area contributed by atoms with Crippen LogP contribution in [0, 0.1) is 6.92 Å². The predicted molar refractivity (Wildman–Crippen MR) is 128 cm³/mol. The lowest BCUT2D eigenvalue weighted by atomic mass is 10.2. The van der Waals surface area contributed by atoms with Crippen molar-refractivity contribution in [3.8, 4) is 5.69 Å². The van der Waals surface area contributed by atoms with Crippen LogP contribution in [0.1, 0.15) is 28.0 Å². The normalized spacial score (nSPS) is 13.2. The highest BCUT2D eigenvalue weighted by atomic mass is 35.5. The monoisotopic (exact) mass is 472 g/mol. The molecule has 0 saturated carbocycles. The van der Waals surface area contributed by atoms with E-state index in [2.05, 4.69) is 0 Å². The molecule has 0 aliphatic heterocycles. The maximum absolute atomic E-state index is 13.7. The smallest absolute Gasteiger partial charge is 0.267 e. The lowest BCUT2D eigenvalue weighted by Gasteiger charge is -2.13. The van der Waals surface area contributed by atoms with Gasteiger partial charge in [-0.1, -0.05) is 53.2 Å². The molecule has 0 saturated heterocycles. The van der Waals surface area contributed by atoms with Crippen molar-refractivity contribution in [2.45, 2.75) is 37.1 Å². The first-order valence-electron chi connectivity index (χ1n) is 9.72. The van der Waals surface area contributed by atoms with Crippen LogP contribution in [0.2, 0.25) is 10.0 Å². The zero-order valence-corrected chi connectivity index (χ0v) is 19.4. The maximum Gasteiger partial charge on any atom is 0.267 e. The van der Waals surface area contributed by atoms with Gasteiger partial charge < -0.3 is 0 Å². The second-order valence-corrected chi connectivity index (χ2v) is 10.3. The van der Waals surface area contributed by atoms with Gasteiger partial charge in [0, 0.05) is 10.6 Å². The standard InChI is InChI=1S/C23H18Cl2N2OS2/c1-13-4-2-5-15(10-13)27-22(28)20-16-6-3-7-19(16)30-21(20)26-23(27)29-12-14-8-9-17(24)18(25)11-14/h2,4-5,8-11H,3,6-7,12H2,1H3. The maximum atomic E-state index is 13.7. The molecule has 7 heteroatoms. The van der Waals surface area contributed by atoms with Crippen LogP contribution in [0.25, 0.3) is 15.9 Å². The van der Waals surface area contributed by atoms with E-state index in [4.69, 9.17) is 28.2 Å². The fourth-order valence-corrected chi connectivity index (χ4v) is 6.47. The fraction of sp³-hybridized carbons (Fsp3) is 0.217. The van der Waals surface area contributed by atoms with Gasteiger partial charge in [0.2, 0.25) is 0 Å². The summed E-state index contributed by atoms with van der Waals surface area (Å²) in [7, 11) is 0. The van der Waals surface area contributed by atoms with Crippen LogP contribution in [0.3, 0.4) is 0 Å². The van der Waals surface area contributed by atoms with E-state index >= 15 is 0 Å². The highest BCUT2D eigenvalue weighted by Crippen LogP contribution is 2.36. The molecule has 0 spiro atoms. The zero-order chi connectivity index (χ0) is 20.8. The number of hydrogen-bond acceptors (Lipinski definition) is 4. The molecule has 0 N–H and O–H groups in total. The van der Waals surface area contributed by atoms with Gasteiger partial charge >= 0.3 is 0 Å². The number of thiophene rings is 1. The molecule has 1 aliphatic carbocycles. The van der Waals surface area contributed by atoms with E-state index in [1.807, 2.05) is 43.3 Å². The first-order valence-corrected chi connectivity index (χ1v) is 12.3. The van der Waals surface area contributed by atoms with E-state index in [0.29, 0.717) is 21.0 Å². The van der Waals surface area contributed by atoms with Gasteiger partial charge in [-0.15, -0.1) is 11.3 Å². The third-order valence-corrected chi connectivity index (χ3v) is 8.25. The molecular weight excluding hydrogens is 455 g/mol. The van der Waals surface area contributed by atoms with Crippen LogP contribution in [0.15, 0.2) is 52.4 Å². The van der Waals surface area contributed by atoms with Gasteiger partial charge in [-0.05, 0) is 67.1 Å². The Hall–Kier alpha value is -1.79. The summed E-state index contributed by atoms with van der Waals surface area (Å²) < 4.78 is 1.77. The van der Waals surface area contributed by atoms with Crippen molar-refractivity contribution in [2.75, 3.05) is 0 Å². The van der Waals surface area contributed by atoms with E-state index in [1.54, 1.807) is 33.7 Å². The van der Waals surface area contributed by atoms with Gasteiger partial charge in [-0.25, -0.2) is 4.98 Å². The first kappa shape index (κ1) is 20.1. The van der Waals surface area contributed by atoms with Crippen molar-refractivity contribution in [3.05, 3.63) is 84.4 Å². The molecule has 2 aromatic heterocycles. The molecule has 0 atom stereocenters. The Balaban J connectivity index is 1.65. The highest BCUT2D eigenvalue weighted by molar-refractivity contribution is 7.98. The molecule has 0 bridgehead atoms. The first-order chi connectivity index (χ1) is 14.5. The Morgan fingerprint density at radius 2 is 2.00 bits per heavy atom. The average Bonchev–Trinajstić information content (AvgIpc) is 3.29. The van der Waals surface area contributed by atoms with Gasteiger partial charge in [-0.2, -0.15) is 0 Å².